The van der Waals surface area contributed by atoms with Crippen molar-refractivity contribution in [2.45, 2.75) is 26.4 Å². The molecular weight excluding hydrogens is 353 g/mol. The van der Waals surface area contributed by atoms with E-state index in [9.17, 15) is 22.8 Å². The predicted molar refractivity (Wildman–Crippen MR) is 85.3 cm³/mol. The average Bonchev–Trinajstić information content (AvgIpc) is 2.87. The van der Waals surface area contributed by atoms with Gasteiger partial charge in [-0.2, -0.15) is 18.2 Å². The number of rotatable bonds is 5. The third kappa shape index (κ3) is 4.90. The highest BCUT2D eigenvalue weighted by Gasteiger charge is 2.34. The summed E-state index contributed by atoms with van der Waals surface area (Å²) >= 11 is 0. The number of carbonyl (C=O) groups is 2. The minimum Gasteiger partial charge on any atom is -0.347 e. The van der Waals surface area contributed by atoms with Crippen LogP contribution in [0.25, 0.3) is 5.78 Å². The van der Waals surface area contributed by atoms with Crippen molar-refractivity contribution in [3.05, 3.63) is 23.3 Å². The highest BCUT2D eigenvalue weighted by atomic mass is 19.4. The van der Waals surface area contributed by atoms with Gasteiger partial charge in [0.1, 0.15) is 13.1 Å². The summed E-state index contributed by atoms with van der Waals surface area (Å²) in [5, 5.41) is 4.11. The molecule has 0 aliphatic rings. The normalized spacial score (nSPS) is 11.7. The lowest BCUT2D eigenvalue weighted by molar-refractivity contribution is -0.163. The standard InChI is InChI=1S/C15H19F3N6O2/c1-9-5-10(2)24-14(19-9)20-11(21-24)6-12(25)23(8-15(16,17)18)7-13(26)22(3)4/h5H,6-8H2,1-4H3. The number of alkyl halides is 3. The zero-order valence-electron chi connectivity index (χ0n) is 14.8. The fraction of sp³-hybridized carbons (Fsp3) is 0.533. The lowest BCUT2D eigenvalue weighted by Gasteiger charge is -2.24. The molecule has 2 rings (SSSR count). The molecule has 2 aromatic heterocycles. The number of aromatic nitrogens is 4. The van der Waals surface area contributed by atoms with Crippen LogP contribution in [0.4, 0.5) is 13.2 Å². The minimum atomic E-state index is -4.62. The number of hydrogen-bond acceptors (Lipinski definition) is 5. The summed E-state index contributed by atoms with van der Waals surface area (Å²) in [5.74, 6) is -1.20. The number of nitrogens with zero attached hydrogens (tertiary/aromatic N) is 6. The summed E-state index contributed by atoms with van der Waals surface area (Å²) in [6, 6.07) is 1.76. The number of hydrogen-bond donors (Lipinski definition) is 0. The van der Waals surface area contributed by atoms with E-state index in [0.29, 0.717) is 10.6 Å². The molecule has 0 aromatic carbocycles. The Bertz CT molecular complexity index is 831. The molecule has 11 heteroatoms. The maximum atomic E-state index is 12.8. The van der Waals surface area contributed by atoms with Gasteiger partial charge in [-0.05, 0) is 19.9 Å². The van der Waals surface area contributed by atoms with Crippen LogP contribution in [0.2, 0.25) is 0 Å². The van der Waals surface area contributed by atoms with E-state index in [-0.39, 0.29) is 11.6 Å². The van der Waals surface area contributed by atoms with Crippen molar-refractivity contribution in [2.24, 2.45) is 0 Å². The monoisotopic (exact) mass is 372 g/mol. The molecule has 0 unspecified atom stereocenters. The largest absolute Gasteiger partial charge is 0.406 e. The Morgan fingerprint density at radius 3 is 2.38 bits per heavy atom. The summed E-state index contributed by atoms with van der Waals surface area (Å²) in [5.41, 5.74) is 1.43. The summed E-state index contributed by atoms with van der Waals surface area (Å²) in [7, 11) is 2.80. The number of likely N-dealkylation sites (N-methyl/N-ethyl adjacent to an activating group) is 1. The van der Waals surface area contributed by atoms with Gasteiger partial charge in [0.2, 0.25) is 11.8 Å². The van der Waals surface area contributed by atoms with Crippen molar-refractivity contribution in [1.29, 1.82) is 0 Å². The molecule has 2 amide bonds. The van der Waals surface area contributed by atoms with Crippen LogP contribution in [0.15, 0.2) is 6.07 Å². The summed E-state index contributed by atoms with van der Waals surface area (Å²) in [6.07, 6.45) is -5.08. The van der Waals surface area contributed by atoms with Gasteiger partial charge in [-0.25, -0.2) is 9.50 Å². The number of aryl methyl sites for hydroxylation is 2. The quantitative estimate of drug-likeness (QED) is 0.774. The van der Waals surface area contributed by atoms with Crippen molar-refractivity contribution in [2.75, 3.05) is 27.2 Å². The second-order valence-electron chi connectivity index (χ2n) is 6.11. The smallest absolute Gasteiger partial charge is 0.347 e. The Hall–Kier alpha value is -2.72. The molecule has 0 aliphatic heterocycles. The molecule has 0 atom stereocenters. The average molecular weight is 372 g/mol. The molecule has 26 heavy (non-hydrogen) atoms. The lowest BCUT2D eigenvalue weighted by atomic mass is 10.3. The first kappa shape index (κ1) is 19.6. The first-order valence-electron chi connectivity index (χ1n) is 7.71. The first-order valence-corrected chi connectivity index (χ1v) is 7.71. The Morgan fingerprint density at radius 1 is 1.15 bits per heavy atom. The van der Waals surface area contributed by atoms with Crippen molar-refractivity contribution in [3.8, 4) is 0 Å². The zero-order valence-corrected chi connectivity index (χ0v) is 14.8. The Morgan fingerprint density at radius 2 is 1.81 bits per heavy atom. The molecule has 0 saturated carbocycles. The Balaban J connectivity index is 2.22. The first-order chi connectivity index (χ1) is 12.0. The lowest BCUT2D eigenvalue weighted by Crippen LogP contribution is -2.45. The highest BCUT2D eigenvalue weighted by Crippen LogP contribution is 2.17. The molecule has 2 heterocycles. The molecule has 142 valence electrons. The molecule has 2 aromatic rings. The summed E-state index contributed by atoms with van der Waals surface area (Å²) < 4.78 is 39.7. The van der Waals surface area contributed by atoms with Gasteiger partial charge in [-0.15, -0.1) is 5.10 Å². The zero-order chi connectivity index (χ0) is 19.6. The van der Waals surface area contributed by atoms with Crippen molar-refractivity contribution >= 4 is 17.6 Å². The third-order valence-corrected chi connectivity index (χ3v) is 3.52. The second-order valence-corrected chi connectivity index (χ2v) is 6.11. The van der Waals surface area contributed by atoms with Gasteiger partial charge in [-0.3, -0.25) is 9.59 Å². The topological polar surface area (TPSA) is 83.7 Å². The van der Waals surface area contributed by atoms with Crippen molar-refractivity contribution < 1.29 is 22.8 Å². The summed E-state index contributed by atoms with van der Waals surface area (Å²) in [6.45, 7) is 1.35. The molecular formula is C15H19F3N6O2. The van der Waals surface area contributed by atoms with Gasteiger partial charge in [-0.1, -0.05) is 0 Å². The maximum Gasteiger partial charge on any atom is 0.406 e. The molecule has 0 N–H and O–H groups in total. The number of carbonyl (C=O) groups excluding carboxylic acids is 2. The molecule has 0 bridgehead atoms. The van der Waals surface area contributed by atoms with E-state index in [1.807, 2.05) is 0 Å². The fourth-order valence-corrected chi connectivity index (χ4v) is 2.28. The van der Waals surface area contributed by atoms with Crippen LogP contribution < -0.4 is 0 Å². The van der Waals surface area contributed by atoms with Gasteiger partial charge in [0.05, 0.1) is 6.42 Å². The van der Waals surface area contributed by atoms with Gasteiger partial charge in [0.15, 0.2) is 5.82 Å². The Kier molecular flexibility index (Phi) is 5.47. The fourth-order valence-electron chi connectivity index (χ4n) is 2.28. The van der Waals surface area contributed by atoms with Crippen LogP contribution >= 0.6 is 0 Å². The van der Waals surface area contributed by atoms with Crippen LogP contribution in [0.3, 0.4) is 0 Å². The molecule has 0 saturated heterocycles. The van der Waals surface area contributed by atoms with Crippen molar-refractivity contribution in [3.63, 3.8) is 0 Å². The third-order valence-electron chi connectivity index (χ3n) is 3.52. The summed E-state index contributed by atoms with van der Waals surface area (Å²) in [4.78, 5) is 33.9. The second kappa shape index (κ2) is 7.26. The molecule has 8 nitrogen and oxygen atoms in total. The van der Waals surface area contributed by atoms with Crippen LogP contribution in [-0.4, -0.2) is 74.6 Å². The van der Waals surface area contributed by atoms with E-state index in [2.05, 4.69) is 15.1 Å². The maximum absolute atomic E-state index is 12.8. The van der Waals surface area contributed by atoms with Crippen LogP contribution in [0.5, 0.6) is 0 Å². The van der Waals surface area contributed by atoms with E-state index < -0.39 is 37.5 Å². The van der Waals surface area contributed by atoms with Gasteiger partial charge < -0.3 is 9.80 Å². The predicted octanol–water partition coefficient (Wildman–Crippen LogP) is 0.763. The van der Waals surface area contributed by atoms with E-state index >= 15 is 0 Å². The molecule has 0 fully saturated rings. The number of amides is 2. The van der Waals surface area contributed by atoms with Gasteiger partial charge >= 0.3 is 6.18 Å². The number of halogens is 3. The van der Waals surface area contributed by atoms with E-state index in [1.54, 1.807) is 19.9 Å². The highest BCUT2D eigenvalue weighted by molar-refractivity contribution is 5.85. The molecule has 0 spiro atoms. The van der Waals surface area contributed by atoms with E-state index in [0.717, 1.165) is 10.6 Å². The van der Waals surface area contributed by atoms with Gasteiger partial charge in [0.25, 0.3) is 5.78 Å². The van der Waals surface area contributed by atoms with Crippen LogP contribution in [-0.2, 0) is 16.0 Å². The van der Waals surface area contributed by atoms with Crippen molar-refractivity contribution in [1.82, 2.24) is 29.4 Å². The Labute approximate surface area is 147 Å². The molecule has 0 radical (unpaired) electrons. The number of fused-ring (bicyclic) bond motifs is 1. The molecule has 0 aliphatic carbocycles. The van der Waals surface area contributed by atoms with E-state index in [4.69, 9.17) is 0 Å². The van der Waals surface area contributed by atoms with E-state index in [1.165, 1.54) is 18.6 Å². The SMILES string of the molecule is Cc1cc(C)n2nc(CC(=O)N(CC(=O)N(C)C)CC(F)(F)F)nc2n1. The van der Waals surface area contributed by atoms with Crippen LogP contribution in [0.1, 0.15) is 17.2 Å². The van der Waals surface area contributed by atoms with Gasteiger partial charge in [0, 0.05) is 25.5 Å². The van der Waals surface area contributed by atoms with Crippen LogP contribution in [0, 0.1) is 13.8 Å². The minimum absolute atomic E-state index is 0.0423.